The predicted molar refractivity (Wildman–Crippen MR) is 48.9 cm³/mol. The third-order valence-electron chi connectivity index (χ3n) is 2.76. The molecule has 12 heavy (non-hydrogen) atoms. The van der Waals surface area contributed by atoms with Gasteiger partial charge < -0.3 is 10.6 Å². The van der Waals surface area contributed by atoms with E-state index in [1.165, 1.54) is 0 Å². The Hall–Kier alpha value is -0.570. The number of nitrogens with one attached hydrogen (secondary N) is 2. The Bertz CT molecular complexity index is 175. The molecule has 3 nitrogen and oxygen atoms in total. The minimum absolute atomic E-state index is 0.217. The van der Waals surface area contributed by atoms with Gasteiger partial charge in [0.25, 0.3) is 0 Å². The summed E-state index contributed by atoms with van der Waals surface area (Å²) in [4.78, 5) is 10.9. The Kier molecular flexibility index (Phi) is 2.73. The lowest BCUT2D eigenvalue weighted by Gasteiger charge is -2.41. The van der Waals surface area contributed by atoms with Crippen LogP contribution in [0.5, 0.6) is 0 Å². The van der Waals surface area contributed by atoms with Crippen LogP contribution in [0.4, 0.5) is 0 Å². The van der Waals surface area contributed by atoms with E-state index in [1.807, 2.05) is 13.8 Å². The lowest BCUT2D eigenvalue weighted by atomic mass is 9.76. The maximum atomic E-state index is 10.9. The molecule has 1 amide bonds. The summed E-state index contributed by atoms with van der Waals surface area (Å²) in [7, 11) is 0. The highest BCUT2D eigenvalue weighted by Gasteiger charge is 2.48. The molecule has 0 aromatic carbocycles. The van der Waals surface area contributed by atoms with Gasteiger partial charge in [0, 0.05) is 31.0 Å². The van der Waals surface area contributed by atoms with Crippen molar-refractivity contribution < 1.29 is 4.79 Å². The minimum Gasteiger partial charge on any atom is -0.353 e. The molecule has 3 heteroatoms. The van der Waals surface area contributed by atoms with Gasteiger partial charge in [0.1, 0.15) is 0 Å². The fraction of sp³-hybridized carbons (Fsp3) is 0.889. The van der Waals surface area contributed by atoms with E-state index in [9.17, 15) is 4.79 Å². The molecule has 0 saturated carbocycles. The number of hydrogen-bond donors (Lipinski definition) is 2. The van der Waals surface area contributed by atoms with Gasteiger partial charge in [-0.1, -0.05) is 13.8 Å². The van der Waals surface area contributed by atoms with Crippen molar-refractivity contribution in [3.8, 4) is 0 Å². The van der Waals surface area contributed by atoms with Crippen molar-refractivity contribution >= 4 is 5.91 Å². The van der Waals surface area contributed by atoms with Crippen LogP contribution in [0.15, 0.2) is 0 Å². The van der Waals surface area contributed by atoms with Crippen molar-refractivity contribution in [3.63, 3.8) is 0 Å². The zero-order valence-electron chi connectivity index (χ0n) is 8.11. The number of hydrogen-bond acceptors (Lipinski definition) is 2. The summed E-state index contributed by atoms with van der Waals surface area (Å²) < 4.78 is 0. The molecule has 2 aliphatic heterocycles. The van der Waals surface area contributed by atoms with Crippen molar-refractivity contribution in [3.05, 3.63) is 0 Å². The summed E-state index contributed by atoms with van der Waals surface area (Å²) in [6, 6.07) is 0.376. The van der Waals surface area contributed by atoms with Crippen LogP contribution in [0.3, 0.4) is 0 Å². The van der Waals surface area contributed by atoms with E-state index in [-0.39, 0.29) is 11.3 Å². The molecule has 0 aromatic rings. The first-order chi connectivity index (χ1) is 5.73. The standard InChI is InChI=1S/C7H12N2O.C2H6/c1-5-7(3-8-4-7)2-6(10)9-5;1-2/h5,8H,2-4H2,1H3,(H,9,10);1-2H3. The second kappa shape index (κ2) is 3.44. The molecular formula is C9H18N2O. The van der Waals surface area contributed by atoms with Crippen LogP contribution < -0.4 is 10.6 Å². The maximum absolute atomic E-state index is 10.9. The van der Waals surface area contributed by atoms with Crippen molar-refractivity contribution in [2.45, 2.75) is 33.2 Å². The van der Waals surface area contributed by atoms with Crippen molar-refractivity contribution in [2.75, 3.05) is 13.1 Å². The molecule has 2 aliphatic rings. The number of carbonyl (C=O) groups is 1. The first kappa shape index (κ1) is 9.52. The third-order valence-corrected chi connectivity index (χ3v) is 2.76. The number of carbonyl (C=O) groups excluding carboxylic acids is 1. The molecule has 2 rings (SSSR count). The second-order valence-electron chi connectivity index (χ2n) is 3.43. The van der Waals surface area contributed by atoms with Gasteiger partial charge in [-0.15, -0.1) is 0 Å². The van der Waals surface area contributed by atoms with E-state index in [2.05, 4.69) is 17.6 Å². The Morgan fingerprint density at radius 1 is 1.42 bits per heavy atom. The predicted octanol–water partition coefficient (Wildman–Crippen LogP) is 0.511. The molecule has 2 fully saturated rings. The van der Waals surface area contributed by atoms with E-state index in [0.29, 0.717) is 6.04 Å². The number of amides is 1. The summed E-state index contributed by atoms with van der Waals surface area (Å²) in [6.07, 6.45) is 0.723. The summed E-state index contributed by atoms with van der Waals surface area (Å²) in [5.74, 6) is 0.217. The van der Waals surface area contributed by atoms with Crippen LogP contribution in [-0.4, -0.2) is 25.0 Å². The second-order valence-corrected chi connectivity index (χ2v) is 3.43. The van der Waals surface area contributed by atoms with Gasteiger partial charge >= 0.3 is 0 Å². The SMILES string of the molecule is CC.CC1NC(=O)CC12CNC2. The zero-order valence-corrected chi connectivity index (χ0v) is 8.11. The van der Waals surface area contributed by atoms with Gasteiger partial charge in [-0.25, -0.2) is 0 Å². The summed E-state index contributed by atoms with van der Waals surface area (Å²) in [5, 5.41) is 6.13. The van der Waals surface area contributed by atoms with Crippen molar-refractivity contribution in [1.82, 2.24) is 10.6 Å². The highest BCUT2D eigenvalue weighted by molar-refractivity contribution is 5.80. The van der Waals surface area contributed by atoms with Crippen molar-refractivity contribution in [1.29, 1.82) is 0 Å². The smallest absolute Gasteiger partial charge is 0.220 e. The molecular weight excluding hydrogens is 152 g/mol. The molecule has 1 spiro atoms. The normalized spacial score (nSPS) is 30.2. The van der Waals surface area contributed by atoms with Crippen molar-refractivity contribution in [2.24, 2.45) is 5.41 Å². The van der Waals surface area contributed by atoms with Crippen LogP contribution in [-0.2, 0) is 4.79 Å². The van der Waals surface area contributed by atoms with Gasteiger partial charge in [-0.05, 0) is 6.92 Å². The Morgan fingerprint density at radius 3 is 2.17 bits per heavy atom. The highest BCUT2D eigenvalue weighted by atomic mass is 16.2. The van der Waals surface area contributed by atoms with Crippen LogP contribution in [0.1, 0.15) is 27.2 Å². The molecule has 0 aromatic heterocycles. The van der Waals surface area contributed by atoms with Gasteiger partial charge in [0.2, 0.25) is 5.91 Å². The van der Waals surface area contributed by atoms with Gasteiger partial charge in [-0.2, -0.15) is 0 Å². The minimum atomic E-state index is 0.217. The first-order valence-corrected chi connectivity index (χ1v) is 4.73. The first-order valence-electron chi connectivity index (χ1n) is 4.73. The lowest BCUT2D eigenvalue weighted by molar-refractivity contribution is -0.119. The molecule has 0 aliphatic carbocycles. The third kappa shape index (κ3) is 1.33. The monoisotopic (exact) mass is 170 g/mol. The quantitative estimate of drug-likeness (QED) is 0.556. The summed E-state index contributed by atoms with van der Waals surface area (Å²) in [6.45, 7) is 8.10. The fourth-order valence-corrected chi connectivity index (χ4v) is 1.80. The largest absolute Gasteiger partial charge is 0.353 e. The van der Waals surface area contributed by atoms with E-state index in [1.54, 1.807) is 0 Å². The lowest BCUT2D eigenvalue weighted by Crippen LogP contribution is -2.58. The molecule has 0 radical (unpaired) electrons. The maximum Gasteiger partial charge on any atom is 0.220 e. The Morgan fingerprint density at radius 2 is 2.00 bits per heavy atom. The fourth-order valence-electron chi connectivity index (χ4n) is 1.80. The average Bonchev–Trinajstić information content (AvgIpc) is 2.29. The summed E-state index contributed by atoms with van der Waals surface area (Å²) >= 11 is 0. The van der Waals surface area contributed by atoms with Gasteiger partial charge in [-0.3, -0.25) is 4.79 Å². The van der Waals surface area contributed by atoms with Crippen LogP contribution in [0, 0.1) is 5.41 Å². The molecule has 2 saturated heterocycles. The van der Waals surface area contributed by atoms with Crippen LogP contribution in [0.2, 0.25) is 0 Å². The van der Waals surface area contributed by atoms with E-state index < -0.39 is 0 Å². The molecule has 2 heterocycles. The van der Waals surface area contributed by atoms with E-state index in [0.717, 1.165) is 19.5 Å². The average molecular weight is 170 g/mol. The Balaban J connectivity index is 0.000000336. The van der Waals surface area contributed by atoms with Crippen LogP contribution in [0.25, 0.3) is 0 Å². The number of rotatable bonds is 0. The molecule has 2 N–H and O–H groups in total. The molecule has 1 atom stereocenters. The van der Waals surface area contributed by atoms with Crippen LogP contribution >= 0.6 is 0 Å². The molecule has 70 valence electrons. The van der Waals surface area contributed by atoms with Gasteiger partial charge in [0.05, 0.1) is 0 Å². The van der Waals surface area contributed by atoms with E-state index in [4.69, 9.17) is 0 Å². The molecule has 0 bridgehead atoms. The Labute approximate surface area is 73.9 Å². The highest BCUT2D eigenvalue weighted by Crippen LogP contribution is 2.35. The van der Waals surface area contributed by atoms with E-state index >= 15 is 0 Å². The topological polar surface area (TPSA) is 41.1 Å². The zero-order chi connectivity index (χ0) is 9.19. The van der Waals surface area contributed by atoms with Gasteiger partial charge in [0.15, 0.2) is 0 Å². The summed E-state index contributed by atoms with van der Waals surface area (Å²) in [5.41, 5.74) is 0.275. The molecule has 1 unspecified atom stereocenters.